The normalized spacial score (nSPS) is 13.8. The van der Waals surface area contributed by atoms with E-state index in [0.717, 1.165) is 12.1 Å². The largest absolute Gasteiger partial charge is 0.508 e. The van der Waals surface area contributed by atoms with Crippen molar-refractivity contribution in [2.24, 2.45) is 0 Å². The molecule has 0 spiro atoms. The summed E-state index contributed by atoms with van der Waals surface area (Å²) in [4.78, 5) is 0. The number of rotatable bonds is 4. The maximum absolute atomic E-state index is 13.0. The van der Waals surface area contributed by atoms with E-state index < -0.39 is 25.6 Å². The van der Waals surface area contributed by atoms with E-state index in [9.17, 15) is 23.2 Å². The van der Waals surface area contributed by atoms with Gasteiger partial charge in [-0.1, -0.05) is 76.7 Å². The van der Waals surface area contributed by atoms with E-state index in [-0.39, 0.29) is 37.5 Å². The molecule has 10 heteroatoms. The van der Waals surface area contributed by atoms with Gasteiger partial charge in [-0.15, -0.1) is 0 Å². The molecule has 0 fully saturated rings. The molecular weight excluding hydrogens is 482 g/mol. The van der Waals surface area contributed by atoms with Gasteiger partial charge in [0.2, 0.25) is 0 Å². The van der Waals surface area contributed by atoms with Crippen LogP contribution in [0.5, 0.6) is 11.5 Å². The molecule has 0 aliphatic rings. The smallest absolute Gasteiger partial charge is 0.283 e. The fraction of sp³-hybridized carbons (Fsp3) is 0.0526. The second-order valence-electron chi connectivity index (χ2n) is 6.10. The number of hydrogen-bond donors (Lipinski definition) is 3. The Kier molecular flexibility index (Phi) is 5.98. The van der Waals surface area contributed by atoms with E-state index in [0.29, 0.717) is 0 Å². The molecule has 29 heavy (non-hydrogen) atoms. The van der Waals surface area contributed by atoms with Gasteiger partial charge in [-0.25, -0.2) is 0 Å². The van der Waals surface area contributed by atoms with Gasteiger partial charge in [-0.05, 0) is 35.4 Å². The van der Waals surface area contributed by atoms with E-state index in [2.05, 4.69) is 0 Å². The summed E-state index contributed by atoms with van der Waals surface area (Å²) in [6, 6.07) is 12.2. The van der Waals surface area contributed by atoms with Gasteiger partial charge >= 0.3 is 0 Å². The average molecular weight is 494 g/mol. The van der Waals surface area contributed by atoms with Crippen LogP contribution in [0.3, 0.4) is 0 Å². The quantitative estimate of drug-likeness (QED) is 0.311. The Morgan fingerprint density at radius 2 is 1.41 bits per heavy atom. The Hall–Kier alpha value is -1.67. The first-order valence-electron chi connectivity index (χ1n) is 7.89. The molecule has 0 aliphatic carbocycles. The SMILES string of the molecule is O=S(=O)(O)C(c1ccccc1)(c1cc(O)cc(Cl)c1)c1c(Cl)cc(Cl)c(O)c1Cl. The molecule has 3 aromatic rings. The van der Waals surface area contributed by atoms with Crippen molar-refractivity contribution in [1.29, 1.82) is 0 Å². The Morgan fingerprint density at radius 1 is 0.793 bits per heavy atom. The number of phenolic OH excluding ortho intramolecular Hbond substituents is 2. The molecular formula is C19H12Cl4O5S. The summed E-state index contributed by atoms with van der Waals surface area (Å²) < 4.78 is 34.0. The Bertz CT molecular complexity index is 1180. The number of benzene rings is 3. The van der Waals surface area contributed by atoms with Crippen molar-refractivity contribution in [3.63, 3.8) is 0 Å². The number of halogens is 4. The Balaban J connectivity index is 2.65. The van der Waals surface area contributed by atoms with Crippen LogP contribution >= 0.6 is 46.4 Å². The monoisotopic (exact) mass is 492 g/mol. The first kappa shape index (κ1) is 22.0. The second kappa shape index (κ2) is 7.87. The number of hydrogen-bond acceptors (Lipinski definition) is 4. The van der Waals surface area contributed by atoms with Crippen molar-refractivity contribution in [3.05, 3.63) is 91.4 Å². The van der Waals surface area contributed by atoms with Crippen LogP contribution < -0.4 is 0 Å². The van der Waals surface area contributed by atoms with E-state index in [1.54, 1.807) is 6.07 Å². The molecule has 0 heterocycles. The second-order valence-corrected chi connectivity index (χ2v) is 9.29. The minimum absolute atomic E-state index is 0.00520. The highest BCUT2D eigenvalue weighted by Gasteiger charge is 2.51. The third kappa shape index (κ3) is 3.65. The molecule has 0 saturated carbocycles. The molecule has 0 saturated heterocycles. The fourth-order valence-electron chi connectivity index (χ4n) is 3.24. The van der Waals surface area contributed by atoms with Gasteiger partial charge in [0.1, 0.15) is 5.75 Å². The zero-order chi connectivity index (χ0) is 21.6. The van der Waals surface area contributed by atoms with Crippen molar-refractivity contribution in [3.8, 4) is 11.5 Å². The molecule has 152 valence electrons. The van der Waals surface area contributed by atoms with Gasteiger partial charge in [0.15, 0.2) is 10.5 Å². The van der Waals surface area contributed by atoms with E-state index in [4.69, 9.17) is 46.4 Å². The third-order valence-corrected chi connectivity index (χ3v) is 6.98. The van der Waals surface area contributed by atoms with Gasteiger partial charge in [-0.3, -0.25) is 4.55 Å². The highest BCUT2D eigenvalue weighted by molar-refractivity contribution is 7.87. The molecule has 1 atom stereocenters. The van der Waals surface area contributed by atoms with Gasteiger partial charge < -0.3 is 10.2 Å². The van der Waals surface area contributed by atoms with Gasteiger partial charge in [0.05, 0.1) is 10.0 Å². The Labute approximate surface area is 186 Å². The standard InChI is InChI=1S/C19H12Cl4O5S/c20-12-6-11(7-13(24)8-12)19(29(26,27)28,10-4-2-1-3-5-10)16-14(21)9-15(22)18(25)17(16)23/h1-9,24-25H,(H,26,27,28). The van der Waals surface area contributed by atoms with Crippen molar-refractivity contribution < 1.29 is 23.2 Å². The van der Waals surface area contributed by atoms with Crippen molar-refractivity contribution in [2.45, 2.75) is 4.75 Å². The van der Waals surface area contributed by atoms with Crippen LogP contribution in [0.15, 0.2) is 54.6 Å². The zero-order valence-corrected chi connectivity index (χ0v) is 18.1. The maximum atomic E-state index is 13.0. The lowest BCUT2D eigenvalue weighted by atomic mass is 9.83. The van der Waals surface area contributed by atoms with Crippen LogP contribution in [0.2, 0.25) is 20.1 Å². The lowest BCUT2D eigenvalue weighted by Crippen LogP contribution is -2.39. The summed E-state index contributed by atoms with van der Waals surface area (Å²) in [7, 11) is -5.09. The summed E-state index contributed by atoms with van der Waals surface area (Å²) in [5, 5.41) is 19.4. The summed E-state index contributed by atoms with van der Waals surface area (Å²) >= 11 is 24.6. The van der Waals surface area contributed by atoms with Crippen LogP contribution in [0.1, 0.15) is 16.7 Å². The summed E-state index contributed by atoms with van der Waals surface area (Å²) in [6.07, 6.45) is 0. The third-order valence-electron chi connectivity index (χ3n) is 4.35. The molecule has 0 aliphatic heterocycles. The van der Waals surface area contributed by atoms with Crippen LogP contribution in [0.25, 0.3) is 0 Å². The average Bonchev–Trinajstić information content (AvgIpc) is 2.62. The van der Waals surface area contributed by atoms with Gasteiger partial charge in [0.25, 0.3) is 10.1 Å². The van der Waals surface area contributed by atoms with Crippen LogP contribution in [-0.4, -0.2) is 23.2 Å². The summed E-state index contributed by atoms with van der Waals surface area (Å²) in [5.41, 5.74) is -0.463. The molecule has 0 amide bonds. The highest BCUT2D eigenvalue weighted by atomic mass is 35.5. The lowest BCUT2D eigenvalue weighted by molar-refractivity contribution is 0.455. The van der Waals surface area contributed by atoms with Crippen LogP contribution in [0.4, 0.5) is 0 Å². The van der Waals surface area contributed by atoms with Crippen LogP contribution in [-0.2, 0) is 14.9 Å². The maximum Gasteiger partial charge on any atom is 0.283 e. The Morgan fingerprint density at radius 3 is 1.97 bits per heavy atom. The molecule has 3 aromatic carbocycles. The topological polar surface area (TPSA) is 94.8 Å². The van der Waals surface area contributed by atoms with Gasteiger partial charge in [-0.2, -0.15) is 8.42 Å². The van der Waals surface area contributed by atoms with Crippen molar-refractivity contribution >= 4 is 56.5 Å². The summed E-state index contributed by atoms with van der Waals surface area (Å²) in [6.45, 7) is 0. The molecule has 0 aromatic heterocycles. The molecule has 3 rings (SSSR count). The predicted octanol–water partition coefficient (Wildman–Crippen LogP) is 5.89. The zero-order valence-electron chi connectivity index (χ0n) is 14.3. The van der Waals surface area contributed by atoms with Crippen molar-refractivity contribution in [2.75, 3.05) is 0 Å². The number of phenols is 2. The predicted molar refractivity (Wildman–Crippen MR) is 114 cm³/mol. The first-order valence-corrected chi connectivity index (χ1v) is 10.8. The highest BCUT2D eigenvalue weighted by Crippen LogP contribution is 2.53. The van der Waals surface area contributed by atoms with E-state index in [1.165, 1.54) is 36.4 Å². The van der Waals surface area contributed by atoms with Gasteiger partial charge in [0, 0.05) is 15.6 Å². The molecule has 1 unspecified atom stereocenters. The molecule has 5 nitrogen and oxygen atoms in total. The molecule has 3 N–H and O–H groups in total. The number of aromatic hydroxyl groups is 2. The minimum atomic E-state index is -5.09. The minimum Gasteiger partial charge on any atom is -0.508 e. The molecule has 0 bridgehead atoms. The molecule has 0 radical (unpaired) electrons. The van der Waals surface area contributed by atoms with E-state index >= 15 is 0 Å². The summed E-state index contributed by atoms with van der Waals surface area (Å²) in [5.74, 6) is -0.982. The first-order chi connectivity index (χ1) is 13.5. The van der Waals surface area contributed by atoms with Crippen molar-refractivity contribution in [1.82, 2.24) is 0 Å². The van der Waals surface area contributed by atoms with E-state index in [1.807, 2.05) is 0 Å². The lowest BCUT2D eigenvalue weighted by Gasteiger charge is -2.34. The fourth-order valence-corrected chi connectivity index (χ4v) is 5.94. The van der Waals surface area contributed by atoms with Crippen LogP contribution in [0, 0.1) is 0 Å².